The first-order valence-corrected chi connectivity index (χ1v) is 21.2. The fraction of sp³-hybridized carbons (Fsp3) is 0.531. The standard InChI is InChI=1S/C32H44N8O3S2Si/c1-21-17-22(9-13-40(21)31(41)43-32(2,3)4)37(5)30-36-29-28(45-30)35-27(44-29)25-26-23(24(18-34-25)38-14-11-33-19-38)10-12-39(26)20-42-15-16-46(6,7)8/h10-12,14,18-19,21-22H,9,13,15-17,20H2,1-8H3/t21-,22+/m1/s1. The molecule has 246 valence electrons. The third-order valence-electron chi connectivity index (χ3n) is 8.28. The lowest BCUT2D eigenvalue weighted by molar-refractivity contribution is 0.0105. The minimum atomic E-state index is -1.19. The molecule has 11 nitrogen and oxygen atoms in total. The molecule has 0 saturated carbocycles. The van der Waals surface area contributed by atoms with Gasteiger partial charge in [-0.05, 0) is 52.6 Å². The quantitative estimate of drug-likeness (QED) is 0.117. The summed E-state index contributed by atoms with van der Waals surface area (Å²) >= 11 is 3.17. The molecular weight excluding hydrogens is 637 g/mol. The maximum absolute atomic E-state index is 12.7. The van der Waals surface area contributed by atoms with Crippen LogP contribution >= 0.6 is 22.7 Å². The summed E-state index contributed by atoms with van der Waals surface area (Å²) in [6.07, 6.45) is 10.9. The normalized spacial score (nSPS) is 17.7. The molecule has 0 aromatic carbocycles. The van der Waals surface area contributed by atoms with E-state index in [-0.39, 0.29) is 18.2 Å². The molecule has 5 aromatic rings. The smallest absolute Gasteiger partial charge is 0.410 e. The van der Waals surface area contributed by atoms with Crippen LogP contribution in [-0.2, 0) is 16.2 Å². The minimum Gasteiger partial charge on any atom is -0.444 e. The van der Waals surface area contributed by atoms with E-state index < -0.39 is 13.7 Å². The average molecular weight is 681 g/mol. The summed E-state index contributed by atoms with van der Waals surface area (Å²) in [4.78, 5) is 37.9. The Bertz CT molecular complexity index is 1790. The lowest BCUT2D eigenvalue weighted by Crippen LogP contribution is -2.51. The molecule has 6 heterocycles. The first-order chi connectivity index (χ1) is 21.8. The molecular formula is C32H44N8O3S2Si. The number of anilines is 1. The monoisotopic (exact) mass is 680 g/mol. The van der Waals surface area contributed by atoms with Gasteiger partial charge >= 0.3 is 6.09 Å². The lowest BCUT2D eigenvalue weighted by Gasteiger charge is -2.41. The number of fused-ring (bicyclic) bond motifs is 2. The van der Waals surface area contributed by atoms with E-state index >= 15 is 0 Å². The number of thiazole rings is 2. The van der Waals surface area contributed by atoms with Gasteiger partial charge in [-0.25, -0.2) is 24.7 Å². The first kappa shape index (κ1) is 32.6. The molecule has 6 rings (SSSR count). The second kappa shape index (κ2) is 12.7. The predicted octanol–water partition coefficient (Wildman–Crippen LogP) is 7.49. The molecule has 0 N–H and O–H groups in total. The summed E-state index contributed by atoms with van der Waals surface area (Å²) in [5.74, 6) is 0. The molecule has 0 spiro atoms. The van der Waals surface area contributed by atoms with Crippen LogP contribution in [0.1, 0.15) is 40.5 Å². The Morgan fingerprint density at radius 2 is 1.93 bits per heavy atom. The van der Waals surface area contributed by atoms with Crippen molar-refractivity contribution in [2.24, 2.45) is 0 Å². The van der Waals surface area contributed by atoms with E-state index in [0.717, 1.165) is 67.6 Å². The van der Waals surface area contributed by atoms with Gasteiger partial charge < -0.3 is 28.4 Å². The number of amides is 1. The Morgan fingerprint density at radius 1 is 1.15 bits per heavy atom. The highest BCUT2D eigenvalue weighted by molar-refractivity contribution is 7.29. The molecule has 0 bridgehead atoms. The Kier molecular flexibility index (Phi) is 9.00. The number of carbonyl (C=O) groups is 1. The van der Waals surface area contributed by atoms with Crippen LogP contribution in [0.15, 0.2) is 37.2 Å². The summed E-state index contributed by atoms with van der Waals surface area (Å²) in [7, 11) is 0.904. The number of carbonyl (C=O) groups excluding carboxylic acids is 1. The van der Waals surface area contributed by atoms with E-state index in [1.807, 2.05) is 42.6 Å². The number of hydrogen-bond acceptors (Lipinski definition) is 10. The molecule has 2 atom stereocenters. The van der Waals surface area contributed by atoms with E-state index in [4.69, 9.17) is 24.4 Å². The maximum atomic E-state index is 12.7. The Labute approximate surface area is 279 Å². The van der Waals surface area contributed by atoms with E-state index in [1.54, 1.807) is 35.2 Å². The highest BCUT2D eigenvalue weighted by atomic mass is 32.1. The van der Waals surface area contributed by atoms with Gasteiger partial charge in [-0.2, -0.15) is 0 Å². The van der Waals surface area contributed by atoms with Crippen molar-refractivity contribution in [1.29, 1.82) is 0 Å². The Hall–Kier alpha value is -3.33. The van der Waals surface area contributed by atoms with Crippen LogP contribution < -0.4 is 4.90 Å². The van der Waals surface area contributed by atoms with Crippen molar-refractivity contribution in [3.05, 3.63) is 37.2 Å². The molecule has 0 aliphatic carbocycles. The summed E-state index contributed by atoms with van der Waals surface area (Å²) in [5, 5.41) is 2.85. The summed E-state index contributed by atoms with van der Waals surface area (Å²) < 4.78 is 15.9. The Morgan fingerprint density at radius 3 is 2.61 bits per heavy atom. The van der Waals surface area contributed by atoms with Crippen LogP contribution in [-0.4, -0.2) is 86.0 Å². The van der Waals surface area contributed by atoms with Gasteiger partial charge in [-0.15, -0.1) is 0 Å². The number of pyridine rings is 1. The third-order valence-corrected chi connectivity index (χ3v) is 12.1. The van der Waals surface area contributed by atoms with Gasteiger partial charge in [0.1, 0.15) is 23.0 Å². The van der Waals surface area contributed by atoms with Crippen molar-refractivity contribution >= 4 is 62.5 Å². The second-order valence-corrected chi connectivity index (χ2v) is 21.9. The van der Waals surface area contributed by atoms with Crippen LogP contribution in [0.3, 0.4) is 0 Å². The van der Waals surface area contributed by atoms with Gasteiger partial charge in [0, 0.05) is 64.3 Å². The molecule has 5 aromatic heterocycles. The zero-order valence-corrected chi connectivity index (χ0v) is 30.6. The average Bonchev–Trinajstić information content (AvgIpc) is 3.77. The Balaban J connectivity index is 1.23. The topological polar surface area (TPSA) is 103 Å². The number of likely N-dealkylation sites (tertiary alicyclic amines) is 1. The number of nitrogens with zero attached hydrogens (tertiary/aromatic N) is 8. The van der Waals surface area contributed by atoms with Crippen LogP contribution in [0.4, 0.5) is 9.93 Å². The second-order valence-electron chi connectivity index (χ2n) is 14.3. The van der Waals surface area contributed by atoms with Gasteiger partial charge in [0.25, 0.3) is 0 Å². The zero-order chi connectivity index (χ0) is 32.8. The molecule has 14 heteroatoms. The molecule has 1 aliphatic rings. The van der Waals surface area contributed by atoms with Gasteiger partial charge in [0.05, 0.1) is 23.7 Å². The number of rotatable bonds is 9. The van der Waals surface area contributed by atoms with E-state index in [1.165, 1.54) is 0 Å². The summed E-state index contributed by atoms with van der Waals surface area (Å²) in [6, 6.07) is 3.59. The van der Waals surface area contributed by atoms with Crippen molar-refractivity contribution in [3.8, 4) is 16.4 Å². The van der Waals surface area contributed by atoms with Crippen LogP contribution in [0.2, 0.25) is 25.7 Å². The van der Waals surface area contributed by atoms with E-state index in [9.17, 15) is 4.79 Å². The molecule has 1 aliphatic heterocycles. The van der Waals surface area contributed by atoms with Gasteiger partial charge in [0.15, 0.2) is 14.8 Å². The molecule has 1 fully saturated rings. The van der Waals surface area contributed by atoms with Crippen molar-refractivity contribution in [1.82, 2.24) is 34.0 Å². The molecule has 1 saturated heterocycles. The molecule has 0 radical (unpaired) electrons. The van der Waals surface area contributed by atoms with Crippen LogP contribution in [0, 0.1) is 0 Å². The number of hydrogen-bond donors (Lipinski definition) is 0. The third kappa shape index (κ3) is 6.99. The SMILES string of the molecule is C[C@@H]1C[C@@H](N(C)c2nc3sc(-c4ncc(-n5ccnc5)c5ccn(COCC[Si](C)(C)C)c45)nc3s2)CCN1C(=O)OC(C)(C)C. The van der Waals surface area contributed by atoms with Gasteiger partial charge in [-0.1, -0.05) is 42.3 Å². The number of piperidine rings is 1. The lowest BCUT2D eigenvalue weighted by atomic mass is 9.98. The molecule has 0 unspecified atom stereocenters. The zero-order valence-electron chi connectivity index (χ0n) is 28.0. The van der Waals surface area contributed by atoms with E-state index in [2.05, 4.69) is 60.3 Å². The summed E-state index contributed by atoms with van der Waals surface area (Å²) in [5.41, 5.74) is 2.27. The molecule has 46 heavy (non-hydrogen) atoms. The van der Waals surface area contributed by atoms with Crippen molar-refractivity contribution in [3.63, 3.8) is 0 Å². The van der Waals surface area contributed by atoms with Gasteiger partial charge in [0.2, 0.25) is 0 Å². The predicted molar refractivity (Wildman–Crippen MR) is 189 cm³/mol. The highest BCUT2D eigenvalue weighted by Gasteiger charge is 2.34. The molecule has 1 amide bonds. The number of aromatic nitrogens is 6. The minimum absolute atomic E-state index is 0.0800. The fourth-order valence-electron chi connectivity index (χ4n) is 5.74. The summed E-state index contributed by atoms with van der Waals surface area (Å²) in [6.45, 7) is 16.7. The van der Waals surface area contributed by atoms with Gasteiger partial charge in [-0.3, -0.25) is 0 Å². The van der Waals surface area contributed by atoms with Crippen LogP contribution in [0.25, 0.3) is 37.0 Å². The van der Waals surface area contributed by atoms with Crippen molar-refractivity contribution in [2.75, 3.05) is 25.1 Å². The maximum Gasteiger partial charge on any atom is 0.410 e. The van der Waals surface area contributed by atoms with Crippen LogP contribution in [0.5, 0.6) is 0 Å². The highest BCUT2D eigenvalue weighted by Crippen LogP contribution is 2.40. The number of ether oxygens (including phenoxy) is 2. The van der Waals surface area contributed by atoms with Crippen molar-refractivity contribution < 1.29 is 14.3 Å². The van der Waals surface area contributed by atoms with Crippen molar-refractivity contribution in [2.45, 2.75) is 90.6 Å². The fourth-order valence-corrected chi connectivity index (χ4v) is 8.57. The largest absolute Gasteiger partial charge is 0.444 e. The van der Waals surface area contributed by atoms with E-state index in [0.29, 0.717) is 13.3 Å². The number of imidazole rings is 1. The first-order valence-electron chi connectivity index (χ1n) is 15.8.